The fourth-order valence-corrected chi connectivity index (χ4v) is 7.11. The third-order valence-electron chi connectivity index (χ3n) is 4.55. The molecule has 0 bridgehead atoms. The van der Waals surface area contributed by atoms with Gasteiger partial charge in [0.25, 0.3) is 0 Å². The lowest BCUT2D eigenvalue weighted by Crippen LogP contribution is -2.23. The van der Waals surface area contributed by atoms with Crippen LogP contribution in [0.1, 0.15) is 53.1 Å². The first-order valence-corrected chi connectivity index (χ1v) is 10.3. The molecule has 0 aromatic heterocycles. The van der Waals surface area contributed by atoms with Crippen molar-refractivity contribution in [2.24, 2.45) is 0 Å². The van der Waals surface area contributed by atoms with Crippen molar-refractivity contribution in [3.8, 4) is 0 Å². The fourth-order valence-electron chi connectivity index (χ4n) is 3.85. The summed E-state index contributed by atoms with van der Waals surface area (Å²) in [5, 5.41) is 3.24. The first-order valence-electron chi connectivity index (χ1n) is 8.78. The Labute approximate surface area is 144 Å². The molecule has 0 N–H and O–H groups in total. The molecule has 0 aliphatic carbocycles. The number of hydrogen-bond donors (Lipinski definition) is 0. The van der Waals surface area contributed by atoms with Crippen LogP contribution in [0.15, 0.2) is 24.3 Å². The molecule has 23 heavy (non-hydrogen) atoms. The topological polar surface area (TPSA) is 0 Å². The minimum atomic E-state index is -0.265. The Morgan fingerprint density at radius 3 is 1.30 bits per heavy atom. The van der Waals surface area contributed by atoms with E-state index in [0.29, 0.717) is 0 Å². The lowest BCUT2D eigenvalue weighted by Gasteiger charge is -2.27. The summed E-state index contributed by atoms with van der Waals surface area (Å²) in [6.45, 7) is 15.9. The molecule has 2 aromatic rings. The minimum absolute atomic E-state index is 0.265. The highest BCUT2D eigenvalue weighted by atomic mass is 31.1. The third kappa shape index (κ3) is 4.04. The van der Waals surface area contributed by atoms with Gasteiger partial charge in [-0.2, -0.15) is 0 Å². The van der Waals surface area contributed by atoms with Gasteiger partial charge in [0, 0.05) is 0 Å². The fraction of sp³-hybridized carbons (Fsp3) is 0.455. The Morgan fingerprint density at radius 1 is 0.652 bits per heavy atom. The van der Waals surface area contributed by atoms with E-state index in [-0.39, 0.29) is 7.92 Å². The van der Waals surface area contributed by atoms with E-state index in [9.17, 15) is 0 Å². The summed E-state index contributed by atoms with van der Waals surface area (Å²) in [6, 6.07) is 9.45. The average Bonchev–Trinajstić information content (AvgIpc) is 2.41. The highest BCUT2D eigenvalue weighted by molar-refractivity contribution is 7.73. The van der Waals surface area contributed by atoms with Crippen molar-refractivity contribution < 1.29 is 0 Å². The second-order valence-corrected chi connectivity index (χ2v) is 9.20. The predicted molar refractivity (Wildman–Crippen MR) is 107 cm³/mol. The number of unbranched alkanes of at least 4 members (excludes halogenated alkanes) is 1. The largest absolute Gasteiger partial charge is 0.0654 e. The van der Waals surface area contributed by atoms with E-state index >= 15 is 0 Å². The highest BCUT2D eigenvalue weighted by Crippen LogP contribution is 2.40. The van der Waals surface area contributed by atoms with Crippen LogP contribution in [-0.4, -0.2) is 6.16 Å². The molecule has 0 spiro atoms. The molecule has 0 amide bonds. The van der Waals surface area contributed by atoms with Crippen molar-refractivity contribution in [1.82, 2.24) is 0 Å². The maximum absolute atomic E-state index is 2.36. The van der Waals surface area contributed by atoms with Crippen molar-refractivity contribution >= 4 is 18.5 Å². The molecule has 0 atom stereocenters. The summed E-state index contributed by atoms with van der Waals surface area (Å²) >= 11 is 0. The van der Waals surface area contributed by atoms with Crippen molar-refractivity contribution in [2.45, 2.75) is 61.3 Å². The molecule has 124 valence electrons. The van der Waals surface area contributed by atoms with Gasteiger partial charge in [0.05, 0.1) is 0 Å². The first kappa shape index (κ1) is 18.2. The molecular weight excluding hydrogens is 295 g/mol. The van der Waals surface area contributed by atoms with E-state index in [4.69, 9.17) is 0 Å². The quantitative estimate of drug-likeness (QED) is 0.612. The first-order chi connectivity index (χ1) is 10.8. The van der Waals surface area contributed by atoms with E-state index in [0.717, 1.165) is 0 Å². The maximum atomic E-state index is 2.36. The average molecular weight is 326 g/mol. The maximum Gasteiger partial charge on any atom is -0.0137 e. The molecule has 1 heteroatoms. The normalized spacial score (nSPS) is 11.3. The lowest BCUT2D eigenvalue weighted by atomic mass is 10.1. The Hall–Kier alpha value is -1.13. The highest BCUT2D eigenvalue weighted by Gasteiger charge is 2.21. The van der Waals surface area contributed by atoms with Gasteiger partial charge >= 0.3 is 0 Å². The Bertz CT molecular complexity index is 594. The molecule has 0 aliphatic rings. The number of hydrogen-bond acceptors (Lipinski definition) is 0. The van der Waals surface area contributed by atoms with Gasteiger partial charge in [0.15, 0.2) is 0 Å². The number of benzene rings is 2. The van der Waals surface area contributed by atoms with Crippen LogP contribution in [0.2, 0.25) is 0 Å². The molecule has 0 saturated carbocycles. The molecule has 2 aromatic carbocycles. The van der Waals surface area contributed by atoms with Crippen LogP contribution in [0, 0.1) is 41.5 Å². The molecule has 0 unspecified atom stereocenters. The molecule has 0 aliphatic heterocycles. The zero-order chi connectivity index (χ0) is 17.1. The van der Waals surface area contributed by atoms with Crippen molar-refractivity contribution in [3.05, 3.63) is 57.6 Å². The van der Waals surface area contributed by atoms with Gasteiger partial charge < -0.3 is 0 Å². The summed E-state index contributed by atoms with van der Waals surface area (Å²) in [7, 11) is -0.265. The van der Waals surface area contributed by atoms with E-state index in [1.54, 1.807) is 10.6 Å². The zero-order valence-corrected chi connectivity index (χ0v) is 16.8. The van der Waals surface area contributed by atoms with Gasteiger partial charge in [0.1, 0.15) is 0 Å². The molecular formula is C22H31P. The minimum Gasteiger partial charge on any atom is -0.0654 e. The molecule has 0 fully saturated rings. The molecule has 0 nitrogen and oxygen atoms in total. The Kier molecular flexibility index (Phi) is 6.04. The summed E-state index contributed by atoms with van der Waals surface area (Å²) in [6.07, 6.45) is 3.89. The SMILES string of the molecule is CCCCP(c1c(C)cc(C)cc1C)c1c(C)cc(C)cc1C. The summed E-state index contributed by atoms with van der Waals surface area (Å²) in [5.74, 6) is 0. The van der Waals surface area contributed by atoms with E-state index in [2.05, 4.69) is 72.7 Å². The van der Waals surface area contributed by atoms with Gasteiger partial charge in [0.2, 0.25) is 0 Å². The van der Waals surface area contributed by atoms with E-state index < -0.39 is 0 Å². The van der Waals surface area contributed by atoms with Gasteiger partial charge in [-0.05, 0) is 94.9 Å². The molecule has 0 radical (unpaired) electrons. The summed E-state index contributed by atoms with van der Waals surface area (Å²) in [4.78, 5) is 0. The predicted octanol–water partition coefficient (Wildman–Crippen LogP) is 5.77. The lowest BCUT2D eigenvalue weighted by molar-refractivity contribution is 0.893. The molecule has 2 rings (SSSR count). The van der Waals surface area contributed by atoms with E-state index in [1.165, 1.54) is 52.4 Å². The third-order valence-corrected chi connectivity index (χ3v) is 7.80. The van der Waals surface area contributed by atoms with E-state index in [1.807, 2.05) is 0 Å². The Balaban J connectivity index is 2.64. The van der Waals surface area contributed by atoms with Crippen LogP contribution >= 0.6 is 7.92 Å². The van der Waals surface area contributed by atoms with Crippen LogP contribution < -0.4 is 10.6 Å². The van der Waals surface area contributed by atoms with Crippen molar-refractivity contribution in [2.75, 3.05) is 6.16 Å². The van der Waals surface area contributed by atoms with Gasteiger partial charge in [-0.15, -0.1) is 0 Å². The van der Waals surface area contributed by atoms with Gasteiger partial charge in [-0.25, -0.2) is 0 Å². The zero-order valence-electron chi connectivity index (χ0n) is 15.9. The van der Waals surface area contributed by atoms with Crippen LogP contribution in [0.3, 0.4) is 0 Å². The smallest absolute Gasteiger partial charge is 0.0137 e. The number of rotatable bonds is 5. The van der Waals surface area contributed by atoms with Crippen molar-refractivity contribution in [1.29, 1.82) is 0 Å². The van der Waals surface area contributed by atoms with Crippen LogP contribution in [0.5, 0.6) is 0 Å². The second-order valence-electron chi connectivity index (χ2n) is 7.00. The standard InChI is InChI=1S/C22H31P/c1-8-9-10-23(21-17(4)11-15(2)12-18(21)5)22-19(6)13-16(3)14-20(22)7/h11-14H,8-10H2,1-7H3. The van der Waals surface area contributed by atoms with Crippen LogP contribution in [0.25, 0.3) is 0 Å². The summed E-state index contributed by atoms with van der Waals surface area (Å²) < 4.78 is 0. The number of aryl methyl sites for hydroxylation is 6. The Morgan fingerprint density at radius 2 is 1.00 bits per heavy atom. The monoisotopic (exact) mass is 326 g/mol. The molecule has 0 heterocycles. The van der Waals surface area contributed by atoms with Gasteiger partial charge in [-0.3, -0.25) is 0 Å². The van der Waals surface area contributed by atoms with Gasteiger partial charge in [-0.1, -0.05) is 48.7 Å². The van der Waals surface area contributed by atoms with Crippen LogP contribution in [0.4, 0.5) is 0 Å². The van der Waals surface area contributed by atoms with Crippen molar-refractivity contribution in [3.63, 3.8) is 0 Å². The summed E-state index contributed by atoms with van der Waals surface area (Å²) in [5.41, 5.74) is 8.67. The van der Waals surface area contributed by atoms with Crippen LogP contribution in [-0.2, 0) is 0 Å². The molecule has 0 saturated heterocycles. The second kappa shape index (κ2) is 7.63.